The lowest BCUT2D eigenvalue weighted by Gasteiger charge is -2.14. The summed E-state index contributed by atoms with van der Waals surface area (Å²) in [7, 11) is 4.06. The number of hydrogen-bond acceptors (Lipinski definition) is 4. The fourth-order valence-electron chi connectivity index (χ4n) is 3.33. The summed E-state index contributed by atoms with van der Waals surface area (Å²) in [5.41, 5.74) is 1.74. The van der Waals surface area contributed by atoms with E-state index in [-0.39, 0.29) is 17.1 Å². The van der Waals surface area contributed by atoms with Crippen LogP contribution < -0.4 is 0 Å². The maximum Gasteiger partial charge on any atom is 0.338 e. The Morgan fingerprint density at radius 2 is 1.89 bits per heavy atom. The first-order valence-corrected chi connectivity index (χ1v) is 10.7. The van der Waals surface area contributed by atoms with E-state index in [2.05, 4.69) is 15.9 Å². The second kappa shape index (κ2) is 8.06. The molecule has 1 heterocycles. The lowest BCUT2D eigenvalue weighted by Crippen LogP contribution is -2.12. The molecule has 0 bridgehead atoms. The third kappa shape index (κ3) is 3.72. The van der Waals surface area contributed by atoms with Crippen LogP contribution in [-0.2, 0) is 30.1 Å². The summed E-state index contributed by atoms with van der Waals surface area (Å²) < 4.78 is 15.1. The normalized spacial score (nSPS) is 12.6. The third-order valence-corrected chi connectivity index (χ3v) is 6.54. The van der Waals surface area contributed by atoms with Crippen molar-refractivity contribution in [3.8, 4) is 5.75 Å². The Morgan fingerprint density at radius 3 is 2.46 bits per heavy atom. The molecule has 28 heavy (non-hydrogen) atoms. The first-order valence-electron chi connectivity index (χ1n) is 8.55. The molecule has 2 aromatic carbocycles. The van der Waals surface area contributed by atoms with E-state index >= 15 is 0 Å². The van der Waals surface area contributed by atoms with Gasteiger partial charge in [0.05, 0.1) is 32.1 Å². The van der Waals surface area contributed by atoms with Crippen molar-refractivity contribution in [3.63, 3.8) is 0 Å². The average molecular weight is 465 g/mol. The number of phenolic OH excluding ortho intramolecular Hbond substituents is 1. The van der Waals surface area contributed by atoms with Crippen molar-refractivity contribution in [1.29, 1.82) is 0 Å². The summed E-state index contributed by atoms with van der Waals surface area (Å²) in [6.45, 7) is 0.368. The van der Waals surface area contributed by atoms with Crippen molar-refractivity contribution in [1.82, 2.24) is 9.47 Å². The number of halogens is 1. The molecule has 8 heteroatoms. The second-order valence-corrected chi connectivity index (χ2v) is 9.11. The van der Waals surface area contributed by atoms with Gasteiger partial charge >= 0.3 is 5.97 Å². The number of nitrogens with zero attached hydrogens (tertiary/aromatic N) is 2. The van der Waals surface area contributed by atoms with Gasteiger partial charge in [-0.1, -0.05) is 18.2 Å². The molecule has 0 aliphatic heterocycles. The Bertz CT molecular complexity index is 1080. The van der Waals surface area contributed by atoms with Gasteiger partial charge in [-0.05, 0) is 48.2 Å². The number of aromatic nitrogens is 1. The van der Waals surface area contributed by atoms with Crippen LogP contribution in [-0.4, -0.2) is 44.0 Å². The van der Waals surface area contributed by atoms with Crippen LogP contribution in [0.3, 0.4) is 0 Å². The number of aromatic hydroxyl groups is 1. The summed E-state index contributed by atoms with van der Waals surface area (Å²) >= 11 is 3.36. The highest BCUT2D eigenvalue weighted by Gasteiger charge is 2.27. The molecule has 1 atom stereocenters. The SMILES string of the molecule is CN(C)Cc1c(O)c(Br)cc2c1c(C(=O)O)c(CS(=O)c1ccccc1)n2C. The van der Waals surface area contributed by atoms with Crippen molar-refractivity contribution in [2.45, 2.75) is 17.2 Å². The number of aryl methyl sites for hydroxylation is 1. The molecule has 1 aromatic heterocycles. The molecule has 6 nitrogen and oxygen atoms in total. The Labute approximate surface area is 174 Å². The van der Waals surface area contributed by atoms with Crippen LogP contribution in [0.25, 0.3) is 10.9 Å². The average Bonchev–Trinajstić information content (AvgIpc) is 2.91. The van der Waals surface area contributed by atoms with Gasteiger partial charge in [-0.15, -0.1) is 0 Å². The second-order valence-electron chi connectivity index (χ2n) is 6.81. The van der Waals surface area contributed by atoms with E-state index in [1.807, 2.05) is 25.1 Å². The van der Waals surface area contributed by atoms with Crippen LogP contribution in [0, 0.1) is 0 Å². The molecule has 0 saturated carbocycles. The lowest BCUT2D eigenvalue weighted by atomic mass is 10.0. The third-order valence-electron chi connectivity index (χ3n) is 4.60. The van der Waals surface area contributed by atoms with Crippen molar-refractivity contribution in [3.05, 3.63) is 57.7 Å². The lowest BCUT2D eigenvalue weighted by molar-refractivity contribution is 0.0698. The summed E-state index contributed by atoms with van der Waals surface area (Å²) in [6, 6.07) is 10.7. The monoisotopic (exact) mass is 464 g/mol. The highest BCUT2D eigenvalue weighted by atomic mass is 79.9. The molecule has 3 aromatic rings. The molecule has 0 radical (unpaired) electrons. The number of benzene rings is 2. The van der Waals surface area contributed by atoms with E-state index in [9.17, 15) is 19.2 Å². The smallest absolute Gasteiger partial charge is 0.338 e. The van der Waals surface area contributed by atoms with Crippen LogP contribution in [0.1, 0.15) is 21.6 Å². The number of carbonyl (C=O) groups is 1. The molecule has 0 spiro atoms. The van der Waals surface area contributed by atoms with Gasteiger partial charge < -0.3 is 19.7 Å². The maximum absolute atomic E-state index is 12.9. The zero-order valence-corrected chi connectivity index (χ0v) is 18.2. The van der Waals surface area contributed by atoms with Gasteiger partial charge in [0.25, 0.3) is 0 Å². The molecule has 0 fully saturated rings. The first kappa shape index (κ1) is 20.6. The number of carboxylic acid groups (broad SMARTS) is 1. The van der Waals surface area contributed by atoms with Gasteiger partial charge in [0, 0.05) is 35.1 Å². The predicted molar refractivity (Wildman–Crippen MR) is 113 cm³/mol. The summed E-state index contributed by atoms with van der Waals surface area (Å²) in [4.78, 5) is 14.7. The molecule has 0 aliphatic rings. The quantitative estimate of drug-likeness (QED) is 0.580. The molecule has 1 unspecified atom stereocenters. The highest BCUT2D eigenvalue weighted by molar-refractivity contribution is 9.10. The first-order chi connectivity index (χ1) is 13.2. The molecular formula is C20H21BrN2O4S. The molecular weight excluding hydrogens is 444 g/mol. The van der Waals surface area contributed by atoms with Crippen molar-refractivity contribution in [2.24, 2.45) is 7.05 Å². The number of hydrogen-bond donors (Lipinski definition) is 2. The molecule has 0 saturated heterocycles. The van der Waals surface area contributed by atoms with Gasteiger partial charge in [-0.3, -0.25) is 4.21 Å². The summed E-state index contributed by atoms with van der Waals surface area (Å²) in [5, 5.41) is 21.0. The Balaban J connectivity index is 2.26. The zero-order chi connectivity index (χ0) is 20.6. The van der Waals surface area contributed by atoms with E-state index in [1.54, 1.807) is 41.9 Å². The van der Waals surface area contributed by atoms with E-state index < -0.39 is 16.8 Å². The topological polar surface area (TPSA) is 82.8 Å². The van der Waals surface area contributed by atoms with E-state index in [4.69, 9.17) is 0 Å². The maximum atomic E-state index is 12.9. The van der Waals surface area contributed by atoms with E-state index in [0.717, 1.165) is 0 Å². The largest absolute Gasteiger partial charge is 0.506 e. The van der Waals surface area contributed by atoms with Crippen molar-refractivity contribution >= 4 is 43.6 Å². The standard InChI is InChI=1S/C20H21BrN2O4S/c1-22(2)10-13-17-15(9-14(21)19(13)24)23(3)16(18(17)20(25)26)11-28(27)12-7-5-4-6-8-12/h4-9,24H,10-11H2,1-3H3,(H,25,26). The summed E-state index contributed by atoms with van der Waals surface area (Å²) in [6.07, 6.45) is 0. The number of phenols is 1. The zero-order valence-electron chi connectivity index (χ0n) is 15.8. The van der Waals surface area contributed by atoms with Gasteiger partial charge in [-0.2, -0.15) is 0 Å². The Hall–Kier alpha value is -2.16. The summed E-state index contributed by atoms with van der Waals surface area (Å²) in [5.74, 6) is -1.02. The minimum atomic E-state index is -1.40. The molecule has 3 rings (SSSR count). The van der Waals surface area contributed by atoms with Crippen molar-refractivity contribution < 1.29 is 19.2 Å². The van der Waals surface area contributed by atoms with Crippen LogP contribution >= 0.6 is 15.9 Å². The highest BCUT2D eigenvalue weighted by Crippen LogP contribution is 2.39. The van der Waals surface area contributed by atoms with Crippen LogP contribution in [0.4, 0.5) is 0 Å². The number of carboxylic acids is 1. The predicted octanol–water partition coefficient (Wildman–Crippen LogP) is 3.71. The number of rotatable bonds is 6. The van der Waals surface area contributed by atoms with Gasteiger partial charge in [0.1, 0.15) is 5.75 Å². The Kier molecular flexibility index (Phi) is 5.92. The minimum absolute atomic E-state index is 0.0185. The van der Waals surface area contributed by atoms with Crippen molar-refractivity contribution in [2.75, 3.05) is 14.1 Å². The van der Waals surface area contributed by atoms with Crippen LogP contribution in [0.15, 0.2) is 45.8 Å². The molecule has 0 amide bonds. The Morgan fingerprint density at radius 1 is 1.25 bits per heavy atom. The van der Waals surface area contributed by atoms with Gasteiger partial charge in [-0.25, -0.2) is 4.79 Å². The number of aromatic carboxylic acids is 1. The van der Waals surface area contributed by atoms with E-state index in [1.165, 1.54) is 0 Å². The van der Waals surface area contributed by atoms with Crippen LogP contribution in [0.2, 0.25) is 0 Å². The van der Waals surface area contributed by atoms with Gasteiger partial charge in [0.15, 0.2) is 0 Å². The minimum Gasteiger partial charge on any atom is -0.506 e. The van der Waals surface area contributed by atoms with Gasteiger partial charge in [0.2, 0.25) is 0 Å². The molecule has 0 aliphatic carbocycles. The van der Waals surface area contributed by atoms with E-state index in [0.29, 0.717) is 38.1 Å². The number of fused-ring (bicyclic) bond motifs is 1. The molecule has 148 valence electrons. The van der Waals surface area contributed by atoms with Crippen LogP contribution in [0.5, 0.6) is 5.75 Å². The fourth-order valence-corrected chi connectivity index (χ4v) is 5.00. The molecule has 2 N–H and O–H groups in total. The fraction of sp³-hybridized carbons (Fsp3) is 0.250.